The van der Waals surface area contributed by atoms with Crippen molar-refractivity contribution in [2.24, 2.45) is 0 Å². The predicted octanol–water partition coefficient (Wildman–Crippen LogP) is 3.67. The van der Waals surface area contributed by atoms with Gasteiger partial charge in [-0.05, 0) is 0 Å². The van der Waals surface area contributed by atoms with Crippen LogP contribution in [0.1, 0.15) is 32.2 Å². The number of nitrogens with zero attached hydrogens (tertiary/aromatic N) is 3. The second-order valence-corrected chi connectivity index (χ2v) is 7.15. The lowest BCUT2D eigenvalue weighted by Crippen LogP contribution is -2.20. The van der Waals surface area contributed by atoms with E-state index in [0.717, 1.165) is 0 Å². The number of imidazole rings is 1. The summed E-state index contributed by atoms with van der Waals surface area (Å²) in [6, 6.07) is 0.647. The second kappa shape index (κ2) is 5.18. The fourth-order valence-corrected chi connectivity index (χ4v) is 2.54. The molecule has 2 rings (SSSR count). The summed E-state index contributed by atoms with van der Waals surface area (Å²) in [5.74, 6) is 0. The molecule has 0 fully saturated rings. The van der Waals surface area contributed by atoms with E-state index in [1.807, 2.05) is 0 Å². The molecule has 0 aliphatic carbocycles. The first-order valence-corrected chi connectivity index (χ1v) is 7.32. The minimum Gasteiger partial charge on any atom is -0.279 e. The van der Waals surface area contributed by atoms with Gasteiger partial charge in [-0.2, -0.15) is 26.3 Å². The smallest absolute Gasteiger partial charge is 0.279 e. The molecule has 4 nitrogen and oxygen atoms in total. The zero-order chi connectivity index (χ0) is 17.8. The summed E-state index contributed by atoms with van der Waals surface area (Å²) >= 11 is 0. The van der Waals surface area contributed by atoms with Crippen LogP contribution in [0.5, 0.6) is 0 Å². The van der Waals surface area contributed by atoms with E-state index >= 15 is 0 Å². The number of alkyl halides is 6. The molecule has 0 aromatic carbocycles. The Morgan fingerprint density at radius 1 is 1.09 bits per heavy atom. The van der Waals surface area contributed by atoms with Gasteiger partial charge in [0.1, 0.15) is 17.0 Å². The van der Waals surface area contributed by atoms with Crippen LogP contribution in [0.3, 0.4) is 0 Å². The minimum absolute atomic E-state index is 0.332. The van der Waals surface area contributed by atoms with Crippen molar-refractivity contribution in [2.45, 2.75) is 42.9 Å². The molecule has 0 radical (unpaired) electrons. The van der Waals surface area contributed by atoms with Gasteiger partial charge in [0, 0.05) is 11.5 Å². The first-order valence-electron chi connectivity index (χ1n) is 6.17. The molecule has 2 heterocycles. The van der Waals surface area contributed by atoms with E-state index in [-0.39, 0.29) is 5.69 Å². The van der Waals surface area contributed by atoms with Crippen molar-refractivity contribution in [3.8, 4) is 0 Å². The molecule has 128 valence electrons. The van der Waals surface area contributed by atoms with Crippen LogP contribution in [0, 0.1) is 0 Å². The van der Waals surface area contributed by atoms with E-state index < -0.39 is 44.3 Å². The summed E-state index contributed by atoms with van der Waals surface area (Å²) in [5.41, 5.74) is -7.90. The Labute approximate surface area is 129 Å². The summed E-state index contributed by atoms with van der Waals surface area (Å²) in [7, 11) is -3.44. The number of halogens is 6. The van der Waals surface area contributed by atoms with Crippen LogP contribution in [-0.2, 0) is 22.4 Å². The normalized spacial score (nSPS) is 15.2. The van der Waals surface area contributed by atoms with Crippen molar-refractivity contribution in [3.63, 3.8) is 0 Å². The highest BCUT2D eigenvalue weighted by Gasteiger charge is 2.43. The molecule has 2 aromatic heterocycles. The van der Waals surface area contributed by atoms with Crippen LogP contribution in [0.2, 0.25) is 0 Å². The van der Waals surface area contributed by atoms with E-state index in [0.29, 0.717) is 16.8 Å². The average molecular weight is 359 g/mol. The molecule has 0 amide bonds. The van der Waals surface area contributed by atoms with Gasteiger partial charge in [0.05, 0.1) is 5.69 Å². The third-order valence-corrected chi connectivity index (χ3v) is 3.89. The molecule has 2 aromatic rings. The number of hydrogen-bond donors (Lipinski definition) is 0. The molecule has 0 aliphatic rings. The highest BCUT2D eigenvalue weighted by Crippen LogP contribution is 2.38. The Morgan fingerprint density at radius 2 is 1.65 bits per heavy atom. The van der Waals surface area contributed by atoms with Crippen molar-refractivity contribution < 1.29 is 30.6 Å². The third kappa shape index (κ3) is 3.33. The molecular weight excluding hydrogens is 348 g/mol. The monoisotopic (exact) mass is 359 g/mol. The largest absolute Gasteiger partial charge is 0.477 e. The van der Waals surface area contributed by atoms with E-state index in [2.05, 4.69) is 9.97 Å². The Kier molecular flexibility index (Phi) is 3.99. The number of rotatable bonds is 1. The first-order chi connectivity index (χ1) is 10.2. The Morgan fingerprint density at radius 3 is 2.09 bits per heavy atom. The fraction of sp³-hybridized carbons (Fsp3) is 0.500. The summed E-state index contributed by atoms with van der Waals surface area (Å²) in [4.78, 5) is 7.02. The lowest BCUT2D eigenvalue weighted by Gasteiger charge is -2.19. The van der Waals surface area contributed by atoms with Gasteiger partial charge in [-0.1, -0.05) is 20.8 Å². The quantitative estimate of drug-likeness (QED) is 0.577. The van der Waals surface area contributed by atoms with Gasteiger partial charge in [0.15, 0.2) is 16.5 Å². The van der Waals surface area contributed by atoms with Crippen LogP contribution < -0.4 is 0 Å². The molecule has 0 spiro atoms. The summed E-state index contributed by atoms with van der Waals surface area (Å²) < 4.78 is 89.0. The Hall–Kier alpha value is -1.65. The molecule has 11 heteroatoms. The van der Waals surface area contributed by atoms with Crippen molar-refractivity contribution >= 4 is 16.4 Å². The maximum absolute atomic E-state index is 13.3. The highest BCUT2D eigenvalue weighted by molar-refractivity contribution is 7.85. The van der Waals surface area contributed by atoms with Crippen molar-refractivity contribution in [3.05, 3.63) is 23.8 Å². The second-order valence-electron chi connectivity index (χ2n) is 5.73. The van der Waals surface area contributed by atoms with Gasteiger partial charge in [-0.3, -0.25) is 4.40 Å². The molecule has 0 bridgehead atoms. The minimum atomic E-state index is -5.06. The molecule has 23 heavy (non-hydrogen) atoms. The lowest BCUT2D eigenvalue weighted by atomic mass is 9.90. The molecule has 0 N–H and O–H groups in total. The maximum Gasteiger partial charge on any atom is 0.477 e. The summed E-state index contributed by atoms with van der Waals surface area (Å²) in [6.07, 6.45) is -4.21. The SMILES string of the molecule is CC(C)(C)c1nc2cc(S(=O)C(F)(F)F)ncn2c1C(F)(F)F. The van der Waals surface area contributed by atoms with Gasteiger partial charge in [0.2, 0.25) is 0 Å². The Bertz CT molecular complexity index is 772. The van der Waals surface area contributed by atoms with Crippen LogP contribution in [-0.4, -0.2) is 24.1 Å². The third-order valence-electron chi connectivity index (χ3n) is 2.87. The van der Waals surface area contributed by atoms with Crippen LogP contribution >= 0.6 is 0 Å². The summed E-state index contributed by atoms with van der Waals surface area (Å²) in [5, 5.41) is -0.899. The van der Waals surface area contributed by atoms with E-state index in [4.69, 9.17) is 0 Å². The number of aromatic nitrogens is 3. The fourth-order valence-electron chi connectivity index (χ4n) is 1.94. The molecule has 1 unspecified atom stereocenters. The van der Waals surface area contributed by atoms with E-state index in [9.17, 15) is 30.6 Å². The van der Waals surface area contributed by atoms with Crippen molar-refractivity contribution in [1.82, 2.24) is 14.4 Å². The topological polar surface area (TPSA) is 47.3 Å². The van der Waals surface area contributed by atoms with Gasteiger partial charge in [-0.15, -0.1) is 0 Å². The number of hydrogen-bond acceptors (Lipinski definition) is 3. The van der Waals surface area contributed by atoms with E-state index in [1.54, 1.807) is 0 Å². The highest BCUT2D eigenvalue weighted by atomic mass is 32.2. The van der Waals surface area contributed by atoms with Gasteiger partial charge in [-0.25, -0.2) is 14.2 Å². The zero-order valence-electron chi connectivity index (χ0n) is 12.1. The molecule has 0 saturated carbocycles. The van der Waals surface area contributed by atoms with Crippen molar-refractivity contribution in [1.29, 1.82) is 0 Å². The van der Waals surface area contributed by atoms with Gasteiger partial charge in [0.25, 0.3) is 0 Å². The molecular formula is C12H11F6N3OS. The Balaban J connectivity index is 2.74. The van der Waals surface area contributed by atoms with Gasteiger partial charge >= 0.3 is 11.7 Å². The molecule has 0 aliphatic heterocycles. The lowest BCUT2D eigenvalue weighted by molar-refractivity contribution is -0.143. The maximum atomic E-state index is 13.3. The van der Waals surface area contributed by atoms with Crippen LogP contribution in [0.4, 0.5) is 26.3 Å². The zero-order valence-corrected chi connectivity index (χ0v) is 12.9. The van der Waals surface area contributed by atoms with Crippen LogP contribution in [0.25, 0.3) is 5.65 Å². The summed E-state index contributed by atoms with van der Waals surface area (Å²) in [6.45, 7) is 4.48. The van der Waals surface area contributed by atoms with Gasteiger partial charge < -0.3 is 0 Å². The van der Waals surface area contributed by atoms with E-state index in [1.165, 1.54) is 20.8 Å². The average Bonchev–Trinajstić information content (AvgIpc) is 2.74. The predicted molar refractivity (Wildman–Crippen MR) is 69.2 cm³/mol. The first kappa shape index (κ1) is 17.7. The standard InChI is InChI=1S/C12H11F6N3OS/c1-10(2,3)8-9(11(13,14)15)21-5-19-7(4-6(21)20-8)23(22)12(16,17)18/h4-5H,1-3H3. The van der Waals surface area contributed by atoms with Crippen molar-refractivity contribution in [2.75, 3.05) is 0 Å². The van der Waals surface area contributed by atoms with Crippen LogP contribution in [0.15, 0.2) is 17.4 Å². The molecule has 1 atom stereocenters. The number of fused-ring (bicyclic) bond motifs is 1. The molecule has 0 saturated heterocycles.